The number of halogens is 1. The van der Waals surface area contributed by atoms with Gasteiger partial charge in [0.1, 0.15) is 5.75 Å². The van der Waals surface area contributed by atoms with E-state index in [1.54, 1.807) is 11.0 Å². The zero-order chi connectivity index (χ0) is 13.1. The fourth-order valence-corrected chi connectivity index (χ4v) is 1.98. The number of phenols is 1. The van der Waals surface area contributed by atoms with Gasteiger partial charge in [0.25, 0.3) is 0 Å². The Morgan fingerprint density at radius 1 is 1.33 bits per heavy atom. The smallest absolute Gasteiger partial charge is 0.322 e. The van der Waals surface area contributed by atoms with Gasteiger partial charge < -0.3 is 20.2 Å². The highest BCUT2D eigenvalue weighted by molar-refractivity contribution is 6.31. The maximum absolute atomic E-state index is 12.0. The summed E-state index contributed by atoms with van der Waals surface area (Å²) in [6.45, 7) is 3.08. The molecule has 1 aliphatic heterocycles. The molecule has 0 spiro atoms. The molecule has 1 heterocycles. The summed E-state index contributed by atoms with van der Waals surface area (Å²) in [4.78, 5) is 15.9. The van der Waals surface area contributed by atoms with Gasteiger partial charge in [0.2, 0.25) is 0 Å². The summed E-state index contributed by atoms with van der Waals surface area (Å²) in [6.07, 6.45) is 0. The van der Waals surface area contributed by atoms with E-state index in [4.69, 9.17) is 11.6 Å². The van der Waals surface area contributed by atoms with E-state index < -0.39 is 0 Å². The summed E-state index contributed by atoms with van der Waals surface area (Å²) < 4.78 is 0. The Balaban J connectivity index is 2.00. The summed E-state index contributed by atoms with van der Waals surface area (Å²) in [5.41, 5.74) is 0.339. The largest absolute Gasteiger partial charge is 0.506 e. The molecule has 0 atom stereocenters. The highest BCUT2D eigenvalue weighted by Crippen LogP contribution is 2.26. The summed E-state index contributed by atoms with van der Waals surface area (Å²) in [5, 5.41) is 12.8. The fourth-order valence-electron chi connectivity index (χ4n) is 1.81. The van der Waals surface area contributed by atoms with Crippen molar-refractivity contribution in [2.24, 2.45) is 0 Å². The predicted octanol–water partition coefficient (Wildman–Crippen LogP) is 1.82. The standard InChI is InChI=1S/C12H16ClN3O2/c1-15-4-6-16(7-5-15)12(18)14-10-8-9(13)2-3-11(10)17/h2-3,8,17H,4-7H2,1H3,(H,14,18). The summed E-state index contributed by atoms with van der Waals surface area (Å²) in [5.74, 6) is 0.0156. The van der Waals surface area contributed by atoms with Crippen molar-refractivity contribution >= 4 is 23.3 Å². The summed E-state index contributed by atoms with van der Waals surface area (Å²) >= 11 is 5.82. The van der Waals surface area contributed by atoms with Crippen LogP contribution >= 0.6 is 11.6 Å². The second-order valence-electron chi connectivity index (χ2n) is 4.38. The highest BCUT2D eigenvalue weighted by atomic mass is 35.5. The Hall–Kier alpha value is -1.46. The molecular weight excluding hydrogens is 254 g/mol. The number of aromatic hydroxyl groups is 1. The number of urea groups is 1. The zero-order valence-corrected chi connectivity index (χ0v) is 10.9. The highest BCUT2D eigenvalue weighted by Gasteiger charge is 2.19. The number of amides is 2. The van der Waals surface area contributed by atoms with Gasteiger partial charge in [-0.25, -0.2) is 4.79 Å². The molecule has 1 aromatic carbocycles. The predicted molar refractivity (Wildman–Crippen MR) is 71.2 cm³/mol. The Labute approximate surface area is 111 Å². The molecule has 1 fully saturated rings. The van der Waals surface area contributed by atoms with Crippen LogP contribution in [0.3, 0.4) is 0 Å². The topological polar surface area (TPSA) is 55.8 Å². The molecule has 5 nitrogen and oxygen atoms in total. The monoisotopic (exact) mass is 269 g/mol. The zero-order valence-electron chi connectivity index (χ0n) is 10.2. The van der Waals surface area contributed by atoms with Gasteiger partial charge in [0.05, 0.1) is 5.69 Å². The minimum atomic E-state index is -0.208. The lowest BCUT2D eigenvalue weighted by molar-refractivity contribution is 0.164. The van der Waals surface area contributed by atoms with Crippen molar-refractivity contribution in [1.29, 1.82) is 0 Å². The third-order valence-corrected chi connectivity index (χ3v) is 3.23. The number of hydrogen-bond acceptors (Lipinski definition) is 3. The minimum Gasteiger partial charge on any atom is -0.506 e. The molecule has 1 aliphatic rings. The van der Waals surface area contributed by atoms with Crippen LogP contribution < -0.4 is 5.32 Å². The number of anilines is 1. The maximum Gasteiger partial charge on any atom is 0.322 e. The Bertz CT molecular complexity index is 445. The van der Waals surface area contributed by atoms with E-state index in [0.717, 1.165) is 13.1 Å². The number of benzene rings is 1. The van der Waals surface area contributed by atoms with Gasteiger partial charge in [-0.1, -0.05) is 11.6 Å². The Morgan fingerprint density at radius 2 is 2.00 bits per heavy atom. The molecule has 1 aromatic rings. The number of piperazine rings is 1. The van der Waals surface area contributed by atoms with Crippen LogP contribution in [0.1, 0.15) is 0 Å². The molecule has 98 valence electrons. The van der Waals surface area contributed by atoms with Gasteiger partial charge in [-0.05, 0) is 25.2 Å². The van der Waals surface area contributed by atoms with Gasteiger partial charge in [-0.15, -0.1) is 0 Å². The average Bonchev–Trinajstić information content (AvgIpc) is 2.34. The molecule has 0 aliphatic carbocycles. The van der Waals surface area contributed by atoms with Gasteiger partial charge in [-0.2, -0.15) is 0 Å². The molecule has 2 rings (SSSR count). The van der Waals surface area contributed by atoms with Crippen LogP contribution in [0.2, 0.25) is 5.02 Å². The van der Waals surface area contributed by atoms with Crippen LogP contribution in [-0.4, -0.2) is 54.2 Å². The van der Waals surface area contributed by atoms with E-state index in [9.17, 15) is 9.90 Å². The second-order valence-corrected chi connectivity index (χ2v) is 4.82. The van der Waals surface area contributed by atoms with Gasteiger partial charge in [0.15, 0.2) is 0 Å². The number of rotatable bonds is 1. The second kappa shape index (κ2) is 5.46. The number of nitrogens with zero attached hydrogens (tertiary/aromatic N) is 2. The first kappa shape index (κ1) is 13.0. The first-order chi connectivity index (χ1) is 8.56. The van der Waals surface area contributed by atoms with E-state index >= 15 is 0 Å². The molecule has 0 saturated carbocycles. The van der Waals surface area contributed by atoms with E-state index in [2.05, 4.69) is 10.2 Å². The van der Waals surface area contributed by atoms with Crippen LogP contribution in [0, 0.1) is 0 Å². The van der Waals surface area contributed by atoms with Gasteiger partial charge in [-0.3, -0.25) is 0 Å². The van der Waals surface area contributed by atoms with Crippen LogP contribution in [0.5, 0.6) is 5.75 Å². The Kier molecular flexibility index (Phi) is 3.93. The average molecular weight is 270 g/mol. The summed E-state index contributed by atoms with van der Waals surface area (Å²) in [7, 11) is 2.03. The van der Waals surface area contributed by atoms with Crippen molar-refractivity contribution in [3.05, 3.63) is 23.2 Å². The molecule has 0 radical (unpaired) electrons. The lowest BCUT2D eigenvalue weighted by Gasteiger charge is -2.32. The quantitative estimate of drug-likeness (QED) is 0.765. The van der Waals surface area contributed by atoms with Gasteiger partial charge in [0, 0.05) is 31.2 Å². The van der Waals surface area contributed by atoms with Crippen molar-refractivity contribution in [3.63, 3.8) is 0 Å². The maximum atomic E-state index is 12.0. The molecule has 0 aromatic heterocycles. The van der Waals surface area contributed by atoms with Crippen LogP contribution in [0.15, 0.2) is 18.2 Å². The number of hydrogen-bond donors (Lipinski definition) is 2. The third kappa shape index (κ3) is 3.05. The number of phenolic OH excluding ortho intramolecular Hbond substituents is 1. The SMILES string of the molecule is CN1CCN(C(=O)Nc2cc(Cl)ccc2O)CC1. The fraction of sp³-hybridized carbons (Fsp3) is 0.417. The van der Waals surface area contributed by atoms with E-state index in [1.807, 2.05) is 7.05 Å². The number of likely N-dealkylation sites (N-methyl/N-ethyl adjacent to an activating group) is 1. The van der Waals surface area contributed by atoms with Gasteiger partial charge >= 0.3 is 6.03 Å². The van der Waals surface area contributed by atoms with E-state index in [1.165, 1.54) is 12.1 Å². The molecule has 2 N–H and O–H groups in total. The van der Waals surface area contributed by atoms with Crippen molar-refractivity contribution in [3.8, 4) is 5.75 Å². The molecule has 6 heteroatoms. The van der Waals surface area contributed by atoms with Crippen LogP contribution in [-0.2, 0) is 0 Å². The Morgan fingerprint density at radius 3 is 2.67 bits per heavy atom. The number of nitrogens with one attached hydrogen (secondary N) is 1. The third-order valence-electron chi connectivity index (χ3n) is 2.99. The van der Waals surface area contributed by atoms with Crippen molar-refractivity contribution < 1.29 is 9.90 Å². The molecular formula is C12H16ClN3O2. The molecule has 18 heavy (non-hydrogen) atoms. The first-order valence-electron chi connectivity index (χ1n) is 5.79. The van der Waals surface area contributed by atoms with Crippen LogP contribution in [0.4, 0.5) is 10.5 Å². The van der Waals surface area contributed by atoms with Crippen molar-refractivity contribution in [2.45, 2.75) is 0 Å². The molecule has 1 saturated heterocycles. The summed E-state index contributed by atoms with van der Waals surface area (Å²) in [6, 6.07) is 4.36. The molecule has 0 unspecified atom stereocenters. The normalized spacial score (nSPS) is 16.7. The lowest BCUT2D eigenvalue weighted by atomic mass is 10.3. The lowest BCUT2D eigenvalue weighted by Crippen LogP contribution is -2.48. The number of carbonyl (C=O) groups excluding carboxylic acids is 1. The van der Waals surface area contributed by atoms with E-state index in [0.29, 0.717) is 23.8 Å². The van der Waals surface area contributed by atoms with Crippen molar-refractivity contribution in [1.82, 2.24) is 9.80 Å². The molecule has 2 amide bonds. The van der Waals surface area contributed by atoms with Crippen LogP contribution in [0.25, 0.3) is 0 Å². The molecule has 0 bridgehead atoms. The first-order valence-corrected chi connectivity index (χ1v) is 6.17. The van der Waals surface area contributed by atoms with E-state index in [-0.39, 0.29) is 11.8 Å². The minimum absolute atomic E-state index is 0.0156. The van der Waals surface area contributed by atoms with Crippen molar-refractivity contribution in [2.75, 3.05) is 38.5 Å². The number of carbonyl (C=O) groups is 1.